The van der Waals surface area contributed by atoms with Gasteiger partial charge in [-0.15, -0.1) is 0 Å². The van der Waals surface area contributed by atoms with E-state index in [4.69, 9.17) is 4.74 Å². The normalized spacial score (nSPS) is 16.9. The highest BCUT2D eigenvalue weighted by Crippen LogP contribution is 2.20. The summed E-state index contributed by atoms with van der Waals surface area (Å²) >= 11 is 3.56. The highest BCUT2D eigenvalue weighted by atomic mass is 79.9. The summed E-state index contributed by atoms with van der Waals surface area (Å²) < 4.78 is 7.05. The van der Waals surface area contributed by atoms with E-state index < -0.39 is 0 Å². The Hall–Kier alpha value is -0.380. The molecule has 0 unspecified atom stereocenters. The van der Waals surface area contributed by atoms with Crippen molar-refractivity contribution in [3.63, 3.8) is 0 Å². The molecule has 0 spiro atoms. The Morgan fingerprint density at radius 1 is 1.17 bits per heavy atom. The van der Waals surface area contributed by atoms with Gasteiger partial charge >= 0.3 is 0 Å². The summed E-state index contributed by atoms with van der Waals surface area (Å²) in [6, 6.07) is 8.33. The number of hydrogen-bond acceptors (Lipinski definition) is 2. The van der Waals surface area contributed by atoms with Crippen LogP contribution in [0.1, 0.15) is 37.7 Å². The van der Waals surface area contributed by atoms with Crippen LogP contribution in [-0.4, -0.2) is 19.3 Å². The van der Waals surface area contributed by atoms with Crippen molar-refractivity contribution in [2.24, 2.45) is 0 Å². The average molecular weight is 312 g/mol. The molecule has 0 heterocycles. The maximum atomic E-state index is 5.88. The van der Waals surface area contributed by atoms with Crippen LogP contribution in [0.15, 0.2) is 28.7 Å². The first-order valence-electron chi connectivity index (χ1n) is 6.92. The molecule has 18 heavy (non-hydrogen) atoms. The molecule has 1 aliphatic carbocycles. The summed E-state index contributed by atoms with van der Waals surface area (Å²) in [6.07, 6.45) is 7.10. The Kier molecular flexibility index (Phi) is 6.18. The van der Waals surface area contributed by atoms with Gasteiger partial charge in [0.2, 0.25) is 0 Å². The zero-order valence-electron chi connectivity index (χ0n) is 10.8. The molecule has 3 heteroatoms. The third-order valence-electron chi connectivity index (χ3n) is 3.46. The van der Waals surface area contributed by atoms with Crippen LogP contribution < -0.4 is 5.32 Å². The third kappa shape index (κ3) is 4.71. The average Bonchev–Trinajstić information content (AvgIpc) is 2.42. The lowest BCUT2D eigenvalue weighted by Crippen LogP contribution is -2.24. The molecule has 0 saturated heterocycles. The van der Waals surface area contributed by atoms with Crippen LogP contribution in [0, 0.1) is 0 Å². The minimum Gasteiger partial charge on any atom is -0.377 e. The Morgan fingerprint density at radius 2 is 1.94 bits per heavy atom. The van der Waals surface area contributed by atoms with E-state index in [9.17, 15) is 0 Å². The van der Waals surface area contributed by atoms with Gasteiger partial charge in [0.25, 0.3) is 0 Å². The quantitative estimate of drug-likeness (QED) is 0.805. The molecule has 0 radical (unpaired) electrons. The molecule has 1 saturated carbocycles. The van der Waals surface area contributed by atoms with Crippen LogP contribution in [0.2, 0.25) is 0 Å². The van der Waals surface area contributed by atoms with E-state index in [1.165, 1.54) is 42.1 Å². The van der Waals surface area contributed by atoms with E-state index in [-0.39, 0.29) is 0 Å². The molecule has 1 aromatic rings. The van der Waals surface area contributed by atoms with E-state index in [1.807, 2.05) is 6.07 Å². The maximum Gasteiger partial charge on any atom is 0.0594 e. The van der Waals surface area contributed by atoms with E-state index in [0.717, 1.165) is 19.7 Å². The highest BCUT2D eigenvalue weighted by Gasteiger charge is 2.12. The van der Waals surface area contributed by atoms with Gasteiger partial charge in [0, 0.05) is 17.6 Å². The second-order valence-electron chi connectivity index (χ2n) is 4.90. The first-order valence-corrected chi connectivity index (χ1v) is 7.71. The van der Waals surface area contributed by atoms with E-state index in [0.29, 0.717) is 6.10 Å². The number of rotatable bonds is 6. The Bertz CT molecular complexity index is 350. The number of hydrogen-bond donors (Lipinski definition) is 1. The standard InChI is InChI=1S/C15H22BrNO/c16-15-9-5-4-6-13(15)12-17-10-11-18-14-7-2-1-3-8-14/h4-6,9,14,17H,1-3,7-8,10-12H2. The predicted molar refractivity (Wildman–Crippen MR) is 78.7 cm³/mol. The summed E-state index contributed by atoms with van der Waals surface area (Å²) in [5, 5.41) is 3.43. The zero-order chi connectivity index (χ0) is 12.6. The van der Waals surface area contributed by atoms with Crippen molar-refractivity contribution < 1.29 is 4.74 Å². The Morgan fingerprint density at radius 3 is 2.72 bits per heavy atom. The van der Waals surface area contributed by atoms with Gasteiger partial charge in [-0.1, -0.05) is 53.4 Å². The molecule has 0 aliphatic heterocycles. The van der Waals surface area contributed by atoms with Crippen LogP contribution >= 0.6 is 15.9 Å². The van der Waals surface area contributed by atoms with Crippen molar-refractivity contribution in [3.8, 4) is 0 Å². The molecule has 0 amide bonds. The van der Waals surface area contributed by atoms with Crippen molar-refractivity contribution in [3.05, 3.63) is 34.3 Å². The van der Waals surface area contributed by atoms with Crippen LogP contribution in [0.5, 0.6) is 0 Å². The topological polar surface area (TPSA) is 21.3 Å². The largest absolute Gasteiger partial charge is 0.377 e. The Balaban J connectivity index is 1.57. The lowest BCUT2D eigenvalue weighted by molar-refractivity contribution is 0.0302. The monoisotopic (exact) mass is 311 g/mol. The molecule has 2 rings (SSSR count). The summed E-state index contributed by atoms with van der Waals surface area (Å²) in [5.74, 6) is 0. The van der Waals surface area contributed by atoms with Gasteiger partial charge in [-0.05, 0) is 24.5 Å². The number of benzene rings is 1. The van der Waals surface area contributed by atoms with Crippen molar-refractivity contribution in [2.75, 3.05) is 13.2 Å². The van der Waals surface area contributed by atoms with Crippen LogP contribution in [-0.2, 0) is 11.3 Å². The van der Waals surface area contributed by atoms with Crippen molar-refractivity contribution >= 4 is 15.9 Å². The molecule has 1 N–H and O–H groups in total. The fourth-order valence-electron chi connectivity index (χ4n) is 2.39. The first kappa shape index (κ1) is 14.0. The fraction of sp³-hybridized carbons (Fsp3) is 0.600. The summed E-state index contributed by atoms with van der Waals surface area (Å²) in [4.78, 5) is 0. The molecule has 1 fully saturated rings. The summed E-state index contributed by atoms with van der Waals surface area (Å²) in [6.45, 7) is 2.66. The first-order chi connectivity index (χ1) is 8.86. The molecule has 0 atom stereocenters. The lowest BCUT2D eigenvalue weighted by Gasteiger charge is -2.22. The fourth-order valence-corrected chi connectivity index (χ4v) is 2.82. The van der Waals surface area contributed by atoms with Crippen LogP contribution in [0.3, 0.4) is 0 Å². The maximum absolute atomic E-state index is 5.88. The third-order valence-corrected chi connectivity index (χ3v) is 4.23. The molecular weight excluding hydrogens is 290 g/mol. The van der Waals surface area contributed by atoms with Gasteiger partial charge < -0.3 is 10.1 Å². The van der Waals surface area contributed by atoms with Crippen molar-refractivity contribution in [1.82, 2.24) is 5.32 Å². The summed E-state index contributed by atoms with van der Waals surface area (Å²) in [7, 11) is 0. The molecule has 2 nitrogen and oxygen atoms in total. The minimum atomic E-state index is 0.518. The van der Waals surface area contributed by atoms with Gasteiger partial charge in [0.15, 0.2) is 0 Å². The van der Waals surface area contributed by atoms with Gasteiger partial charge in [-0.3, -0.25) is 0 Å². The summed E-state index contributed by atoms with van der Waals surface area (Å²) in [5.41, 5.74) is 1.30. The zero-order valence-corrected chi connectivity index (χ0v) is 12.4. The smallest absolute Gasteiger partial charge is 0.0594 e. The van der Waals surface area contributed by atoms with Gasteiger partial charge in [-0.25, -0.2) is 0 Å². The van der Waals surface area contributed by atoms with Gasteiger partial charge in [-0.2, -0.15) is 0 Å². The van der Waals surface area contributed by atoms with Crippen molar-refractivity contribution in [2.45, 2.75) is 44.8 Å². The second kappa shape index (κ2) is 7.93. The lowest BCUT2D eigenvalue weighted by atomic mass is 9.98. The van der Waals surface area contributed by atoms with Gasteiger partial charge in [0.05, 0.1) is 12.7 Å². The number of ether oxygens (including phenoxy) is 1. The molecule has 1 aliphatic rings. The van der Waals surface area contributed by atoms with E-state index in [2.05, 4.69) is 39.4 Å². The number of nitrogens with one attached hydrogen (secondary N) is 1. The molecule has 1 aromatic carbocycles. The molecular formula is C15H22BrNO. The SMILES string of the molecule is Brc1ccccc1CNCCOC1CCCCC1. The minimum absolute atomic E-state index is 0.518. The van der Waals surface area contributed by atoms with Crippen LogP contribution in [0.25, 0.3) is 0 Å². The number of halogens is 1. The Labute approximate surface area is 118 Å². The van der Waals surface area contributed by atoms with Crippen LogP contribution in [0.4, 0.5) is 0 Å². The van der Waals surface area contributed by atoms with Crippen molar-refractivity contribution in [1.29, 1.82) is 0 Å². The molecule has 0 aromatic heterocycles. The van der Waals surface area contributed by atoms with E-state index in [1.54, 1.807) is 0 Å². The second-order valence-corrected chi connectivity index (χ2v) is 5.75. The van der Waals surface area contributed by atoms with E-state index >= 15 is 0 Å². The molecule has 100 valence electrons. The molecule has 0 bridgehead atoms. The predicted octanol–water partition coefficient (Wildman–Crippen LogP) is 3.89. The highest BCUT2D eigenvalue weighted by molar-refractivity contribution is 9.10. The van der Waals surface area contributed by atoms with Gasteiger partial charge in [0.1, 0.15) is 0 Å².